The molecule has 0 heterocycles. The van der Waals surface area contributed by atoms with Gasteiger partial charge in [0.05, 0.1) is 6.61 Å². The first-order valence-corrected chi connectivity index (χ1v) is 5.53. The smallest absolute Gasteiger partial charge is 0.248 e. The van der Waals surface area contributed by atoms with Crippen LogP contribution in [0.15, 0.2) is 12.1 Å². The van der Waals surface area contributed by atoms with Crippen LogP contribution in [0.1, 0.15) is 34.3 Å². The van der Waals surface area contributed by atoms with E-state index in [2.05, 4.69) is 5.92 Å². The Labute approximate surface area is 102 Å². The molecule has 1 aromatic carbocycles. The van der Waals surface area contributed by atoms with E-state index in [4.69, 9.17) is 16.9 Å². The highest BCUT2D eigenvalue weighted by atomic mass is 16.5. The van der Waals surface area contributed by atoms with E-state index in [-0.39, 0.29) is 0 Å². The van der Waals surface area contributed by atoms with E-state index in [0.29, 0.717) is 18.6 Å². The van der Waals surface area contributed by atoms with Gasteiger partial charge in [-0.2, -0.15) is 0 Å². The van der Waals surface area contributed by atoms with Gasteiger partial charge in [-0.15, -0.1) is 12.3 Å². The zero-order valence-electron chi connectivity index (χ0n) is 10.2. The van der Waals surface area contributed by atoms with Gasteiger partial charge in [-0.1, -0.05) is 0 Å². The second kappa shape index (κ2) is 5.95. The van der Waals surface area contributed by atoms with Crippen LogP contribution in [-0.4, -0.2) is 12.5 Å². The minimum Gasteiger partial charge on any atom is -0.493 e. The number of benzene rings is 1. The third-order valence-electron chi connectivity index (χ3n) is 2.46. The number of hydrogen-bond acceptors (Lipinski definition) is 2. The molecule has 3 nitrogen and oxygen atoms in total. The Bertz CT molecular complexity index is 435. The molecule has 3 heteroatoms. The van der Waals surface area contributed by atoms with Crippen molar-refractivity contribution >= 4 is 5.91 Å². The molecule has 0 bridgehead atoms. The fraction of sp³-hybridized carbons (Fsp3) is 0.357. The largest absolute Gasteiger partial charge is 0.493 e. The molecule has 1 amide bonds. The van der Waals surface area contributed by atoms with Gasteiger partial charge in [0.25, 0.3) is 0 Å². The number of rotatable bonds is 5. The summed E-state index contributed by atoms with van der Waals surface area (Å²) in [6.45, 7) is 4.38. The predicted molar refractivity (Wildman–Crippen MR) is 68.0 cm³/mol. The number of carbonyl (C=O) groups is 1. The molecule has 2 N–H and O–H groups in total. The second-order valence-corrected chi connectivity index (χ2v) is 3.96. The topological polar surface area (TPSA) is 52.3 Å². The number of primary amides is 1. The van der Waals surface area contributed by atoms with Gasteiger partial charge in [0.2, 0.25) is 5.91 Å². The van der Waals surface area contributed by atoms with E-state index in [1.807, 2.05) is 13.8 Å². The molecule has 0 saturated heterocycles. The number of aryl methyl sites for hydroxylation is 2. The maximum Gasteiger partial charge on any atom is 0.248 e. The maximum absolute atomic E-state index is 11.1. The van der Waals surface area contributed by atoms with Crippen molar-refractivity contribution in [2.75, 3.05) is 6.61 Å². The van der Waals surface area contributed by atoms with Gasteiger partial charge in [-0.05, 0) is 43.5 Å². The lowest BCUT2D eigenvalue weighted by Gasteiger charge is -2.12. The van der Waals surface area contributed by atoms with E-state index >= 15 is 0 Å². The van der Waals surface area contributed by atoms with E-state index in [9.17, 15) is 4.79 Å². The van der Waals surface area contributed by atoms with Crippen molar-refractivity contribution in [3.8, 4) is 18.1 Å². The van der Waals surface area contributed by atoms with E-state index in [1.165, 1.54) is 0 Å². The van der Waals surface area contributed by atoms with Gasteiger partial charge in [0, 0.05) is 12.0 Å². The Morgan fingerprint density at radius 3 is 2.47 bits per heavy atom. The van der Waals surface area contributed by atoms with E-state index < -0.39 is 5.91 Å². The Kier molecular flexibility index (Phi) is 4.59. The normalized spacial score (nSPS) is 9.71. The summed E-state index contributed by atoms with van der Waals surface area (Å²) in [6, 6.07) is 3.48. The highest BCUT2D eigenvalue weighted by Gasteiger charge is 2.09. The SMILES string of the molecule is C#CCCCOc1c(C)cc(C(N)=O)cc1C. The highest BCUT2D eigenvalue weighted by Crippen LogP contribution is 2.24. The summed E-state index contributed by atoms with van der Waals surface area (Å²) in [7, 11) is 0. The molecular formula is C14H17NO2. The van der Waals surface area contributed by atoms with Crippen molar-refractivity contribution in [1.29, 1.82) is 0 Å². The van der Waals surface area contributed by atoms with Crippen molar-refractivity contribution in [2.24, 2.45) is 5.73 Å². The van der Waals surface area contributed by atoms with Crippen LogP contribution in [0.4, 0.5) is 0 Å². The molecule has 0 aliphatic rings. The summed E-state index contributed by atoms with van der Waals surface area (Å²) in [4.78, 5) is 11.1. The maximum atomic E-state index is 11.1. The number of hydrogen-bond donors (Lipinski definition) is 1. The third kappa shape index (κ3) is 3.53. The van der Waals surface area contributed by atoms with Crippen molar-refractivity contribution in [1.82, 2.24) is 0 Å². The number of ether oxygens (including phenoxy) is 1. The Morgan fingerprint density at radius 1 is 1.41 bits per heavy atom. The lowest BCUT2D eigenvalue weighted by atomic mass is 10.1. The summed E-state index contributed by atoms with van der Waals surface area (Å²) in [6.07, 6.45) is 6.70. The van der Waals surface area contributed by atoms with Crippen molar-refractivity contribution in [3.05, 3.63) is 28.8 Å². The van der Waals surface area contributed by atoms with Crippen LogP contribution in [-0.2, 0) is 0 Å². The van der Waals surface area contributed by atoms with E-state index in [1.54, 1.807) is 12.1 Å². The summed E-state index contributed by atoms with van der Waals surface area (Å²) in [5, 5.41) is 0. The molecule has 1 rings (SSSR count). The number of amides is 1. The first kappa shape index (κ1) is 13.1. The molecule has 0 aromatic heterocycles. The van der Waals surface area contributed by atoms with Crippen LogP contribution in [0.5, 0.6) is 5.75 Å². The number of terminal acetylenes is 1. The fourth-order valence-electron chi connectivity index (χ4n) is 1.67. The van der Waals surface area contributed by atoms with Gasteiger partial charge in [0.15, 0.2) is 0 Å². The lowest BCUT2D eigenvalue weighted by Crippen LogP contribution is -2.12. The number of carbonyl (C=O) groups excluding carboxylic acids is 1. The lowest BCUT2D eigenvalue weighted by molar-refractivity contribution is 0.1000. The summed E-state index contributed by atoms with van der Waals surface area (Å²) < 4.78 is 5.66. The first-order valence-electron chi connectivity index (χ1n) is 5.53. The molecule has 0 fully saturated rings. The molecule has 0 unspecified atom stereocenters. The van der Waals surface area contributed by atoms with Gasteiger partial charge in [-0.25, -0.2) is 0 Å². The molecular weight excluding hydrogens is 214 g/mol. The zero-order valence-corrected chi connectivity index (χ0v) is 10.2. The van der Waals surface area contributed by atoms with Gasteiger partial charge >= 0.3 is 0 Å². The zero-order chi connectivity index (χ0) is 12.8. The molecule has 0 radical (unpaired) electrons. The minimum atomic E-state index is -0.421. The van der Waals surface area contributed by atoms with E-state index in [0.717, 1.165) is 23.3 Å². The average Bonchev–Trinajstić information content (AvgIpc) is 2.26. The van der Waals surface area contributed by atoms with Crippen molar-refractivity contribution in [3.63, 3.8) is 0 Å². The quantitative estimate of drug-likeness (QED) is 0.624. The number of nitrogens with two attached hydrogens (primary N) is 1. The highest BCUT2D eigenvalue weighted by molar-refractivity contribution is 5.93. The minimum absolute atomic E-state index is 0.421. The van der Waals surface area contributed by atoms with Crippen LogP contribution >= 0.6 is 0 Å². The Morgan fingerprint density at radius 2 is 2.00 bits per heavy atom. The monoisotopic (exact) mass is 231 g/mol. The van der Waals surface area contributed by atoms with Crippen LogP contribution in [0.25, 0.3) is 0 Å². The summed E-state index contributed by atoms with van der Waals surface area (Å²) in [5.74, 6) is 2.96. The van der Waals surface area contributed by atoms with Crippen molar-refractivity contribution in [2.45, 2.75) is 26.7 Å². The van der Waals surface area contributed by atoms with Crippen LogP contribution in [0.3, 0.4) is 0 Å². The van der Waals surface area contributed by atoms with Gasteiger partial charge in [0.1, 0.15) is 5.75 Å². The summed E-state index contributed by atoms with van der Waals surface area (Å²) >= 11 is 0. The first-order chi connectivity index (χ1) is 8.06. The standard InChI is InChI=1S/C14H17NO2/c1-4-5-6-7-17-13-10(2)8-12(14(15)16)9-11(13)3/h1,8-9H,5-7H2,2-3H3,(H2,15,16). The molecule has 0 aliphatic heterocycles. The average molecular weight is 231 g/mol. The molecule has 0 spiro atoms. The molecule has 17 heavy (non-hydrogen) atoms. The predicted octanol–water partition coefficient (Wildman–Crippen LogP) is 2.19. The number of unbranched alkanes of at least 4 members (excludes halogenated alkanes) is 1. The Hall–Kier alpha value is -1.95. The molecule has 1 aromatic rings. The molecule has 0 atom stereocenters. The third-order valence-corrected chi connectivity index (χ3v) is 2.46. The van der Waals surface area contributed by atoms with Crippen LogP contribution < -0.4 is 10.5 Å². The van der Waals surface area contributed by atoms with Crippen LogP contribution in [0.2, 0.25) is 0 Å². The molecule has 90 valence electrons. The molecule has 0 saturated carbocycles. The molecule has 0 aliphatic carbocycles. The second-order valence-electron chi connectivity index (χ2n) is 3.96. The van der Waals surface area contributed by atoms with Crippen molar-refractivity contribution < 1.29 is 9.53 Å². The Balaban J connectivity index is 2.80. The van der Waals surface area contributed by atoms with Gasteiger partial charge in [-0.3, -0.25) is 4.79 Å². The fourth-order valence-corrected chi connectivity index (χ4v) is 1.67. The van der Waals surface area contributed by atoms with Crippen LogP contribution in [0, 0.1) is 26.2 Å². The summed E-state index contributed by atoms with van der Waals surface area (Å²) in [5.41, 5.74) is 7.58. The van der Waals surface area contributed by atoms with Gasteiger partial charge < -0.3 is 10.5 Å².